The second-order valence-corrected chi connectivity index (χ2v) is 6.56. The highest BCUT2D eigenvalue weighted by atomic mass is 19.3. The van der Waals surface area contributed by atoms with Crippen molar-refractivity contribution in [3.05, 3.63) is 23.8 Å². The van der Waals surface area contributed by atoms with Crippen LogP contribution >= 0.6 is 0 Å². The lowest BCUT2D eigenvalue weighted by molar-refractivity contribution is -0.145. The minimum atomic E-state index is -2.87. The van der Waals surface area contributed by atoms with Gasteiger partial charge in [-0.1, -0.05) is 26.8 Å². The quantitative estimate of drug-likeness (QED) is 0.832. The molecule has 1 aromatic carbocycles. The van der Waals surface area contributed by atoms with Crippen LogP contribution in [-0.2, 0) is 11.3 Å². The third-order valence-corrected chi connectivity index (χ3v) is 4.76. The van der Waals surface area contributed by atoms with Crippen LogP contribution in [0.2, 0.25) is 0 Å². The molecule has 1 aliphatic rings. The van der Waals surface area contributed by atoms with Crippen molar-refractivity contribution >= 4 is 0 Å². The van der Waals surface area contributed by atoms with Gasteiger partial charge in [0.05, 0.1) is 13.2 Å². The maximum atomic E-state index is 12.5. The predicted molar refractivity (Wildman–Crippen MR) is 84.0 cm³/mol. The third kappa shape index (κ3) is 3.58. The Morgan fingerprint density at radius 3 is 2.43 bits per heavy atom. The van der Waals surface area contributed by atoms with E-state index < -0.39 is 6.61 Å². The summed E-state index contributed by atoms with van der Waals surface area (Å²) < 4.78 is 40.0. The van der Waals surface area contributed by atoms with Gasteiger partial charge in [0.25, 0.3) is 0 Å². The van der Waals surface area contributed by atoms with Gasteiger partial charge in [0.15, 0.2) is 11.5 Å². The number of alkyl halides is 2. The summed E-state index contributed by atoms with van der Waals surface area (Å²) in [5.41, 5.74) is 0.897. The fraction of sp³-hybridized carbons (Fsp3) is 0.647. The second kappa shape index (κ2) is 7.01. The normalized spacial score (nSPS) is 26.0. The molecule has 1 fully saturated rings. The molecule has 0 spiro atoms. The Labute approximate surface area is 136 Å². The zero-order chi connectivity index (χ0) is 17.2. The average Bonchev–Trinajstić information content (AvgIpc) is 2.47. The average molecular weight is 329 g/mol. The predicted octanol–water partition coefficient (Wildman–Crippen LogP) is 3.45. The summed E-state index contributed by atoms with van der Waals surface area (Å²) in [7, 11) is 3.16. The Bertz CT molecular complexity index is 537. The van der Waals surface area contributed by atoms with Gasteiger partial charge in [-0.3, -0.25) is 0 Å². The molecule has 1 saturated carbocycles. The van der Waals surface area contributed by atoms with Gasteiger partial charge in [-0.2, -0.15) is 8.78 Å². The summed E-state index contributed by atoms with van der Waals surface area (Å²) in [6.45, 7) is 4.17. The van der Waals surface area contributed by atoms with Crippen molar-refractivity contribution in [3.63, 3.8) is 0 Å². The van der Waals surface area contributed by atoms with Gasteiger partial charge in [-0.05, 0) is 23.6 Å². The minimum absolute atomic E-state index is 0.0307. The molecule has 6 heteroatoms. The first-order valence-corrected chi connectivity index (χ1v) is 7.69. The molecule has 0 aliphatic heterocycles. The topological polar surface area (TPSA) is 39.7 Å². The molecular formula is C17H25F2NO3. The Morgan fingerprint density at radius 1 is 1.22 bits per heavy atom. The SMILES string of the molecule is COc1ccc(CN[C@@H]2[C@@H](C)[C@H](OC)C2(C)C)cc1OC(F)F. The maximum Gasteiger partial charge on any atom is 0.387 e. The van der Waals surface area contributed by atoms with Gasteiger partial charge < -0.3 is 19.5 Å². The lowest BCUT2D eigenvalue weighted by Crippen LogP contribution is -2.66. The summed E-state index contributed by atoms with van der Waals surface area (Å²) in [5, 5.41) is 3.49. The van der Waals surface area contributed by atoms with Gasteiger partial charge in [0.2, 0.25) is 0 Å². The molecule has 0 bridgehead atoms. The lowest BCUT2D eigenvalue weighted by Gasteiger charge is -2.56. The third-order valence-electron chi connectivity index (χ3n) is 4.76. The first-order valence-electron chi connectivity index (χ1n) is 7.69. The zero-order valence-electron chi connectivity index (χ0n) is 14.2. The summed E-state index contributed by atoms with van der Waals surface area (Å²) in [4.78, 5) is 0. The molecule has 0 aromatic heterocycles. The van der Waals surface area contributed by atoms with Crippen molar-refractivity contribution in [2.75, 3.05) is 14.2 Å². The zero-order valence-corrected chi connectivity index (χ0v) is 14.2. The van der Waals surface area contributed by atoms with Crippen molar-refractivity contribution in [1.82, 2.24) is 5.32 Å². The van der Waals surface area contributed by atoms with Gasteiger partial charge >= 0.3 is 6.61 Å². The number of methoxy groups -OCH3 is 2. The molecule has 4 nitrogen and oxygen atoms in total. The van der Waals surface area contributed by atoms with E-state index in [1.165, 1.54) is 7.11 Å². The monoisotopic (exact) mass is 329 g/mol. The van der Waals surface area contributed by atoms with E-state index in [0.29, 0.717) is 24.3 Å². The van der Waals surface area contributed by atoms with Crippen molar-refractivity contribution in [2.45, 2.75) is 46.1 Å². The van der Waals surface area contributed by atoms with E-state index in [2.05, 4.69) is 30.8 Å². The summed E-state index contributed by atoms with van der Waals surface area (Å²) in [6, 6.07) is 5.37. The fourth-order valence-corrected chi connectivity index (χ4v) is 3.80. The Hall–Kier alpha value is -1.40. The smallest absolute Gasteiger partial charge is 0.387 e. The van der Waals surface area contributed by atoms with E-state index >= 15 is 0 Å². The van der Waals surface area contributed by atoms with Gasteiger partial charge in [-0.25, -0.2) is 0 Å². The van der Waals surface area contributed by atoms with E-state index in [-0.39, 0.29) is 17.3 Å². The number of nitrogens with one attached hydrogen (secondary N) is 1. The number of hydrogen-bond acceptors (Lipinski definition) is 4. The molecular weight excluding hydrogens is 304 g/mol. The molecule has 1 N–H and O–H groups in total. The number of halogens is 2. The largest absolute Gasteiger partial charge is 0.493 e. The molecule has 23 heavy (non-hydrogen) atoms. The summed E-state index contributed by atoms with van der Waals surface area (Å²) in [5.74, 6) is 0.744. The molecule has 0 unspecified atom stereocenters. The number of hydrogen-bond donors (Lipinski definition) is 1. The summed E-state index contributed by atoms with van der Waals surface area (Å²) >= 11 is 0. The molecule has 1 aliphatic carbocycles. The van der Waals surface area contributed by atoms with E-state index in [1.54, 1.807) is 19.2 Å². The lowest BCUT2D eigenvalue weighted by atomic mass is 9.58. The van der Waals surface area contributed by atoms with E-state index in [1.807, 2.05) is 6.07 Å². The highest BCUT2D eigenvalue weighted by Crippen LogP contribution is 2.47. The number of rotatable bonds is 7. The first kappa shape index (κ1) is 17.9. The Balaban J connectivity index is 2.04. The number of benzene rings is 1. The van der Waals surface area contributed by atoms with Crippen LogP contribution in [0.4, 0.5) is 8.78 Å². The van der Waals surface area contributed by atoms with Crippen LogP contribution in [0, 0.1) is 11.3 Å². The molecule has 1 aromatic rings. The van der Waals surface area contributed by atoms with Crippen LogP contribution < -0.4 is 14.8 Å². The van der Waals surface area contributed by atoms with E-state index in [4.69, 9.17) is 9.47 Å². The fourth-order valence-electron chi connectivity index (χ4n) is 3.80. The number of ether oxygens (including phenoxy) is 3. The van der Waals surface area contributed by atoms with Crippen molar-refractivity contribution in [3.8, 4) is 11.5 Å². The van der Waals surface area contributed by atoms with Crippen LogP contribution in [0.25, 0.3) is 0 Å². The second-order valence-electron chi connectivity index (χ2n) is 6.56. The molecule has 3 atom stereocenters. The maximum absolute atomic E-state index is 12.5. The van der Waals surface area contributed by atoms with Crippen molar-refractivity contribution in [2.24, 2.45) is 11.3 Å². The molecule has 130 valence electrons. The standard InChI is InChI=1S/C17H25F2NO3/c1-10-14(17(2,3)15(10)22-5)20-9-11-6-7-12(21-4)13(8-11)23-16(18)19/h6-8,10,14-16,20H,9H2,1-5H3/t10-,14-,15+/m1/s1. The molecule has 0 radical (unpaired) electrons. The highest BCUT2D eigenvalue weighted by Gasteiger charge is 2.54. The van der Waals surface area contributed by atoms with Crippen LogP contribution in [0.15, 0.2) is 18.2 Å². The van der Waals surface area contributed by atoms with Crippen LogP contribution in [0.1, 0.15) is 26.3 Å². The van der Waals surface area contributed by atoms with E-state index in [9.17, 15) is 8.78 Å². The van der Waals surface area contributed by atoms with Crippen LogP contribution in [-0.4, -0.2) is 33.0 Å². The van der Waals surface area contributed by atoms with Crippen LogP contribution in [0.3, 0.4) is 0 Å². The molecule has 0 heterocycles. The molecule has 0 amide bonds. The van der Waals surface area contributed by atoms with Gasteiger partial charge in [0, 0.05) is 25.1 Å². The first-order chi connectivity index (χ1) is 10.8. The van der Waals surface area contributed by atoms with Gasteiger partial charge in [-0.15, -0.1) is 0 Å². The van der Waals surface area contributed by atoms with Crippen molar-refractivity contribution in [1.29, 1.82) is 0 Å². The van der Waals surface area contributed by atoms with Crippen molar-refractivity contribution < 1.29 is 23.0 Å². The van der Waals surface area contributed by atoms with E-state index in [0.717, 1.165) is 5.56 Å². The molecule has 2 rings (SSSR count). The minimum Gasteiger partial charge on any atom is -0.493 e. The Kier molecular flexibility index (Phi) is 5.47. The Morgan fingerprint density at radius 2 is 1.91 bits per heavy atom. The molecule has 0 saturated heterocycles. The summed E-state index contributed by atoms with van der Waals surface area (Å²) in [6.07, 6.45) is 0.216. The highest BCUT2D eigenvalue weighted by molar-refractivity contribution is 5.43. The van der Waals surface area contributed by atoms with Crippen LogP contribution in [0.5, 0.6) is 11.5 Å². The van der Waals surface area contributed by atoms with Gasteiger partial charge in [0.1, 0.15) is 0 Å².